The monoisotopic (exact) mass is 434 g/mol. The zero-order valence-corrected chi connectivity index (χ0v) is 18.7. The quantitative estimate of drug-likeness (QED) is 0.591. The Labute approximate surface area is 175 Å². The molecule has 2 heterocycles. The molecule has 29 heavy (non-hydrogen) atoms. The maximum Gasteiger partial charge on any atom is 0.242 e. The van der Waals surface area contributed by atoms with Gasteiger partial charge in [0.1, 0.15) is 5.82 Å². The predicted molar refractivity (Wildman–Crippen MR) is 116 cm³/mol. The second kappa shape index (κ2) is 8.64. The van der Waals surface area contributed by atoms with Gasteiger partial charge in [0, 0.05) is 40.0 Å². The highest BCUT2D eigenvalue weighted by molar-refractivity contribution is 7.89. The number of nitrogens with one attached hydrogen (secondary N) is 1. The fraction of sp³-hybridized carbons (Fsp3) is 0.400. The number of aromatic nitrogens is 2. The van der Waals surface area contributed by atoms with E-state index in [1.165, 1.54) is 24.0 Å². The normalized spacial score (nSPS) is 13.1. The number of aryl methyl sites for hydroxylation is 2. The van der Waals surface area contributed by atoms with Crippen molar-refractivity contribution in [3.05, 3.63) is 46.4 Å². The van der Waals surface area contributed by atoms with Crippen molar-refractivity contribution in [2.45, 2.75) is 37.1 Å². The lowest BCUT2D eigenvalue weighted by Gasteiger charge is -2.13. The van der Waals surface area contributed by atoms with Crippen molar-refractivity contribution in [1.29, 1.82) is 0 Å². The van der Waals surface area contributed by atoms with Gasteiger partial charge in [-0.1, -0.05) is 0 Å². The van der Waals surface area contributed by atoms with Crippen molar-refractivity contribution >= 4 is 38.3 Å². The van der Waals surface area contributed by atoms with Gasteiger partial charge in [-0.15, -0.1) is 0 Å². The number of hydrogen-bond acceptors (Lipinski definition) is 5. The second-order valence-corrected chi connectivity index (χ2v) is 10.3. The summed E-state index contributed by atoms with van der Waals surface area (Å²) in [6.07, 6.45) is 1.62. The molecule has 0 aliphatic heterocycles. The summed E-state index contributed by atoms with van der Waals surface area (Å²) in [6, 6.07) is 7.05. The standard InChI is InChI=1S/C20H26N4O3S2/c1-14(11-15-9-10-28-13-15)21-20(25)8-7-19-22-17-12-16(29(26,27)23(2)3)5-6-18(17)24(19)4/h5-6,9-10,12-14H,7-8,11H2,1-4H3,(H,21,25). The summed E-state index contributed by atoms with van der Waals surface area (Å²) < 4.78 is 27.8. The van der Waals surface area contributed by atoms with E-state index in [4.69, 9.17) is 0 Å². The van der Waals surface area contributed by atoms with E-state index in [2.05, 4.69) is 21.7 Å². The summed E-state index contributed by atoms with van der Waals surface area (Å²) in [5.41, 5.74) is 2.67. The Hall–Kier alpha value is -2.23. The van der Waals surface area contributed by atoms with Crippen molar-refractivity contribution in [3.63, 3.8) is 0 Å². The van der Waals surface area contributed by atoms with Crippen LogP contribution in [0.5, 0.6) is 0 Å². The third kappa shape index (κ3) is 4.85. The smallest absolute Gasteiger partial charge is 0.242 e. The van der Waals surface area contributed by atoms with Crippen LogP contribution < -0.4 is 5.32 Å². The number of fused-ring (bicyclic) bond motifs is 1. The first kappa shape index (κ1) is 21.5. The molecule has 1 atom stereocenters. The molecule has 0 saturated heterocycles. The molecule has 0 bridgehead atoms. The van der Waals surface area contributed by atoms with E-state index in [0.29, 0.717) is 18.4 Å². The van der Waals surface area contributed by atoms with E-state index in [9.17, 15) is 13.2 Å². The third-order valence-corrected chi connectivity index (χ3v) is 7.37. The van der Waals surface area contributed by atoms with Crippen LogP contribution >= 0.6 is 11.3 Å². The van der Waals surface area contributed by atoms with Gasteiger partial charge in [0.15, 0.2) is 0 Å². The van der Waals surface area contributed by atoms with E-state index in [0.717, 1.165) is 17.8 Å². The molecule has 0 aliphatic rings. The Bertz CT molecular complexity index is 1100. The van der Waals surface area contributed by atoms with Crippen molar-refractivity contribution in [1.82, 2.24) is 19.2 Å². The Morgan fingerprint density at radius 1 is 1.31 bits per heavy atom. The van der Waals surface area contributed by atoms with E-state index >= 15 is 0 Å². The molecule has 0 saturated carbocycles. The first-order chi connectivity index (χ1) is 13.7. The number of thiophene rings is 1. The SMILES string of the molecule is CC(Cc1ccsc1)NC(=O)CCc1nc2cc(S(=O)(=O)N(C)C)ccc2n1C. The number of carbonyl (C=O) groups excluding carboxylic acids is 1. The van der Waals surface area contributed by atoms with Crippen LogP contribution in [-0.2, 0) is 34.7 Å². The molecule has 3 rings (SSSR count). The summed E-state index contributed by atoms with van der Waals surface area (Å²) in [6.45, 7) is 2.00. The third-order valence-electron chi connectivity index (χ3n) is 4.83. The first-order valence-electron chi connectivity index (χ1n) is 9.37. The summed E-state index contributed by atoms with van der Waals surface area (Å²) in [7, 11) is 1.37. The molecule has 7 nitrogen and oxygen atoms in total. The van der Waals surface area contributed by atoms with Crippen LogP contribution in [-0.4, -0.2) is 48.3 Å². The molecule has 1 aromatic carbocycles. The molecule has 1 N–H and O–H groups in total. The van der Waals surface area contributed by atoms with Gasteiger partial charge >= 0.3 is 0 Å². The zero-order chi connectivity index (χ0) is 21.2. The molecule has 9 heteroatoms. The molecule has 3 aromatic rings. The Balaban J connectivity index is 1.67. The number of rotatable bonds is 8. The number of hydrogen-bond donors (Lipinski definition) is 1. The van der Waals surface area contributed by atoms with E-state index in [1.54, 1.807) is 29.5 Å². The average molecular weight is 435 g/mol. The van der Waals surface area contributed by atoms with Gasteiger partial charge in [0.25, 0.3) is 0 Å². The minimum atomic E-state index is -3.51. The number of carbonyl (C=O) groups is 1. The highest BCUT2D eigenvalue weighted by Gasteiger charge is 2.19. The van der Waals surface area contributed by atoms with Gasteiger partial charge in [-0.3, -0.25) is 4.79 Å². The molecule has 0 spiro atoms. The van der Waals surface area contributed by atoms with Crippen molar-refractivity contribution in [2.75, 3.05) is 14.1 Å². The second-order valence-electron chi connectivity index (χ2n) is 7.33. The highest BCUT2D eigenvalue weighted by Crippen LogP contribution is 2.22. The lowest BCUT2D eigenvalue weighted by Crippen LogP contribution is -2.34. The van der Waals surface area contributed by atoms with Crippen LogP contribution in [0.2, 0.25) is 0 Å². The fourth-order valence-corrected chi connectivity index (χ4v) is 4.81. The summed E-state index contributed by atoms with van der Waals surface area (Å²) in [5, 5.41) is 7.15. The molecular weight excluding hydrogens is 408 g/mol. The fourth-order valence-electron chi connectivity index (χ4n) is 3.21. The average Bonchev–Trinajstić information content (AvgIpc) is 3.27. The van der Waals surface area contributed by atoms with Crippen LogP contribution in [0, 0.1) is 0 Å². The van der Waals surface area contributed by atoms with Crippen LogP contribution in [0.4, 0.5) is 0 Å². The van der Waals surface area contributed by atoms with Crippen LogP contribution in [0.1, 0.15) is 24.7 Å². The maximum atomic E-state index is 12.3. The largest absolute Gasteiger partial charge is 0.353 e. The molecule has 0 radical (unpaired) electrons. The number of benzene rings is 1. The Morgan fingerprint density at radius 3 is 2.72 bits per heavy atom. The Morgan fingerprint density at radius 2 is 2.07 bits per heavy atom. The van der Waals surface area contributed by atoms with Gasteiger partial charge < -0.3 is 9.88 Å². The summed E-state index contributed by atoms with van der Waals surface area (Å²) in [4.78, 5) is 17.1. The molecule has 0 fully saturated rings. The number of sulfonamides is 1. The van der Waals surface area contributed by atoms with Gasteiger partial charge in [-0.05, 0) is 53.9 Å². The van der Waals surface area contributed by atoms with Crippen molar-refractivity contribution < 1.29 is 13.2 Å². The molecule has 156 valence electrons. The number of nitrogens with zero attached hydrogens (tertiary/aromatic N) is 3. The van der Waals surface area contributed by atoms with Crippen LogP contribution in [0.25, 0.3) is 11.0 Å². The topological polar surface area (TPSA) is 84.3 Å². The van der Waals surface area contributed by atoms with Crippen molar-refractivity contribution in [2.24, 2.45) is 7.05 Å². The number of imidazole rings is 1. The zero-order valence-electron chi connectivity index (χ0n) is 17.0. The van der Waals surface area contributed by atoms with Crippen molar-refractivity contribution in [3.8, 4) is 0 Å². The summed E-state index contributed by atoms with van der Waals surface area (Å²) >= 11 is 1.65. The summed E-state index contributed by atoms with van der Waals surface area (Å²) in [5.74, 6) is 0.732. The van der Waals surface area contributed by atoms with E-state index in [-0.39, 0.29) is 16.8 Å². The van der Waals surface area contributed by atoms with E-state index < -0.39 is 10.0 Å². The lowest BCUT2D eigenvalue weighted by atomic mass is 10.1. The van der Waals surface area contributed by atoms with Gasteiger partial charge in [0.05, 0.1) is 15.9 Å². The van der Waals surface area contributed by atoms with Gasteiger partial charge in [-0.25, -0.2) is 17.7 Å². The lowest BCUT2D eigenvalue weighted by molar-refractivity contribution is -0.121. The maximum absolute atomic E-state index is 12.3. The Kier molecular flexibility index (Phi) is 6.40. The molecule has 0 aliphatic carbocycles. The number of amides is 1. The van der Waals surface area contributed by atoms with Crippen LogP contribution in [0.3, 0.4) is 0 Å². The first-order valence-corrected chi connectivity index (χ1v) is 11.7. The molecular formula is C20H26N4O3S2. The van der Waals surface area contributed by atoms with Gasteiger partial charge in [-0.2, -0.15) is 11.3 Å². The molecule has 1 unspecified atom stereocenters. The van der Waals surface area contributed by atoms with Gasteiger partial charge in [0.2, 0.25) is 15.9 Å². The molecule has 2 aromatic heterocycles. The minimum Gasteiger partial charge on any atom is -0.353 e. The molecule has 1 amide bonds. The predicted octanol–water partition coefficient (Wildman–Crippen LogP) is 2.57. The van der Waals surface area contributed by atoms with E-state index in [1.807, 2.05) is 23.9 Å². The van der Waals surface area contributed by atoms with Crippen LogP contribution in [0.15, 0.2) is 39.9 Å². The highest BCUT2D eigenvalue weighted by atomic mass is 32.2. The minimum absolute atomic E-state index is 0.0179.